The highest BCUT2D eigenvalue weighted by atomic mass is 19.4. The summed E-state index contributed by atoms with van der Waals surface area (Å²) in [6.07, 6.45) is -9.39. The zero-order valence-electron chi connectivity index (χ0n) is 21.8. The molecule has 2 aromatic carbocycles. The van der Waals surface area contributed by atoms with Gasteiger partial charge in [0, 0.05) is 6.54 Å². The SMILES string of the molecule is C[C@H](O)C[C@]1(n2cn[nH]c2=O)CC[C@@](CO[C@H](C)c2cc(C(F)(F)F)cc(C(F)(F)F)c2)(c2ccccc2)NC1. The topological polar surface area (TPSA) is 92.2 Å². The molecule has 1 fully saturated rings. The van der Waals surface area contributed by atoms with Crippen LogP contribution in [0.4, 0.5) is 26.3 Å². The van der Waals surface area contributed by atoms with Gasteiger partial charge in [0.05, 0.1) is 41.0 Å². The van der Waals surface area contributed by atoms with E-state index in [0.29, 0.717) is 25.0 Å². The van der Waals surface area contributed by atoms with Gasteiger partial charge in [-0.1, -0.05) is 30.3 Å². The van der Waals surface area contributed by atoms with E-state index in [4.69, 9.17) is 4.74 Å². The Morgan fingerprint density at radius 1 is 1.02 bits per heavy atom. The zero-order chi connectivity index (χ0) is 29.3. The zero-order valence-corrected chi connectivity index (χ0v) is 21.8. The highest BCUT2D eigenvalue weighted by molar-refractivity contribution is 5.35. The number of H-pyrrole nitrogens is 1. The number of rotatable bonds is 8. The van der Waals surface area contributed by atoms with Crippen LogP contribution in [0.1, 0.15) is 61.5 Å². The van der Waals surface area contributed by atoms with Crippen LogP contribution in [0.3, 0.4) is 0 Å². The van der Waals surface area contributed by atoms with Crippen LogP contribution >= 0.6 is 0 Å². The molecule has 3 aromatic rings. The molecule has 7 nitrogen and oxygen atoms in total. The molecular formula is C27H30F6N4O3. The number of aliphatic hydroxyl groups excluding tert-OH is 1. The van der Waals surface area contributed by atoms with Gasteiger partial charge in [-0.2, -0.15) is 31.4 Å². The number of alkyl halides is 6. The molecule has 13 heteroatoms. The van der Waals surface area contributed by atoms with Gasteiger partial charge in [0.15, 0.2) is 0 Å². The molecule has 0 bridgehead atoms. The van der Waals surface area contributed by atoms with Crippen LogP contribution in [0.15, 0.2) is 59.7 Å². The second kappa shape index (κ2) is 11.0. The van der Waals surface area contributed by atoms with Crippen LogP contribution in [0.2, 0.25) is 0 Å². The molecule has 0 amide bonds. The maximum Gasteiger partial charge on any atom is 0.416 e. The fourth-order valence-corrected chi connectivity index (χ4v) is 5.36. The number of piperidine rings is 1. The molecule has 0 saturated carbocycles. The molecule has 2 heterocycles. The van der Waals surface area contributed by atoms with E-state index in [1.165, 1.54) is 17.8 Å². The molecule has 1 aromatic heterocycles. The molecular weight excluding hydrogens is 542 g/mol. The highest BCUT2D eigenvalue weighted by Gasteiger charge is 2.46. The third-order valence-corrected chi connectivity index (χ3v) is 7.50. The summed E-state index contributed by atoms with van der Waals surface area (Å²) in [6, 6.07) is 10.5. The van der Waals surface area contributed by atoms with Crippen LogP contribution in [0.25, 0.3) is 0 Å². The Morgan fingerprint density at radius 3 is 2.12 bits per heavy atom. The maximum absolute atomic E-state index is 13.4. The van der Waals surface area contributed by atoms with Crippen molar-refractivity contribution < 1.29 is 36.2 Å². The number of nitrogens with one attached hydrogen (secondary N) is 2. The molecule has 0 unspecified atom stereocenters. The summed E-state index contributed by atoms with van der Waals surface area (Å²) < 4.78 is 87.8. The molecule has 1 saturated heterocycles. The largest absolute Gasteiger partial charge is 0.416 e. The number of benzene rings is 2. The molecule has 218 valence electrons. The van der Waals surface area contributed by atoms with Crippen molar-refractivity contribution in [3.63, 3.8) is 0 Å². The van der Waals surface area contributed by atoms with Crippen molar-refractivity contribution in [2.24, 2.45) is 0 Å². The van der Waals surface area contributed by atoms with E-state index in [1.54, 1.807) is 6.92 Å². The summed E-state index contributed by atoms with van der Waals surface area (Å²) in [5.74, 6) is 0. The van der Waals surface area contributed by atoms with Gasteiger partial charge in [0.1, 0.15) is 6.33 Å². The fraction of sp³-hybridized carbons (Fsp3) is 0.481. The number of aromatic nitrogens is 3. The predicted molar refractivity (Wildman–Crippen MR) is 133 cm³/mol. The lowest BCUT2D eigenvalue weighted by Gasteiger charge is -2.48. The minimum Gasteiger partial charge on any atom is -0.393 e. The van der Waals surface area contributed by atoms with Gasteiger partial charge in [0.25, 0.3) is 0 Å². The van der Waals surface area contributed by atoms with Gasteiger partial charge < -0.3 is 15.2 Å². The van der Waals surface area contributed by atoms with Crippen molar-refractivity contribution >= 4 is 0 Å². The maximum atomic E-state index is 13.4. The molecule has 1 aliphatic heterocycles. The monoisotopic (exact) mass is 572 g/mol. The fourth-order valence-electron chi connectivity index (χ4n) is 5.36. The summed E-state index contributed by atoms with van der Waals surface area (Å²) in [4.78, 5) is 12.5. The first kappa shape index (κ1) is 29.8. The van der Waals surface area contributed by atoms with E-state index in [-0.39, 0.29) is 31.2 Å². The van der Waals surface area contributed by atoms with Gasteiger partial charge in [-0.15, -0.1) is 0 Å². The number of nitrogens with zero attached hydrogens (tertiary/aromatic N) is 2. The Balaban J connectivity index is 1.64. The van der Waals surface area contributed by atoms with Crippen molar-refractivity contribution in [2.45, 2.75) is 68.7 Å². The lowest BCUT2D eigenvalue weighted by Crippen LogP contribution is -2.60. The first-order valence-electron chi connectivity index (χ1n) is 12.7. The summed E-state index contributed by atoms with van der Waals surface area (Å²) in [7, 11) is 0. The average Bonchev–Trinajstić information content (AvgIpc) is 3.33. The van der Waals surface area contributed by atoms with Crippen molar-refractivity contribution in [3.05, 3.63) is 87.6 Å². The van der Waals surface area contributed by atoms with Crippen LogP contribution in [-0.2, 0) is 28.2 Å². The number of hydrogen-bond donors (Lipinski definition) is 3. The summed E-state index contributed by atoms with van der Waals surface area (Å²) in [5, 5.41) is 19.8. The normalized spacial score (nSPS) is 23.6. The molecule has 4 rings (SSSR count). The van der Waals surface area contributed by atoms with Crippen molar-refractivity contribution in [3.8, 4) is 0 Å². The first-order valence-corrected chi connectivity index (χ1v) is 12.7. The molecule has 0 spiro atoms. The van der Waals surface area contributed by atoms with E-state index < -0.39 is 52.5 Å². The van der Waals surface area contributed by atoms with Crippen LogP contribution < -0.4 is 11.0 Å². The Morgan fingerprint density at radius 2 is 1.65 bits per heavy atom. The number of aromatic amines is 1. The van der Waals surface area contributed by atoms with E-state index >= 15 is 0 Å². The average molecular weight is 573 g/mol. The summed E-state index contributed by atoms with van der Waals surface area (Å²) >= 11 is 0. The lowest BCUT2D eigenvalue weighted by atomic mass is 9.74. The van der Waals surface area contributed by atoms with Crippen molar-refractivity contribution in [1.82, 2.24) is 20.1 Å². The van der Waals surface area contributed by atoms with E-state index in [2.05, 4.69) is 15.5 Å². The highest BCUT2D eigenvalue weighted by Crippen LogP contribution is 2.41. The van der Waals surface area contributed by atoms with Crippen LogP contribution in [-0.4, -0.2) is 39.1 Å². The number of halogens is 6. The number of ether oxygens (including phenoxy) is 1. The Hall–Kier alpha value is -3.16. The smallest absolute Gasteiger partial charge is 0.393 e. The molecule has 1 aliphatic rings. The van der Waals surface area contributed by atoms with Gasteiger partial charge in [0.2, 0.25) is 0 Å². The van der Waals surface area contributed by atoms with Crippen molar-refractivity contribution in [1.29, 1.82) is 0 Å². The predicted octanol–water partition coefficient (Wildman–Crippen LogP) is 5.13. The van der Waals surface area contributed by atoms with Crippen molar-refractivity contribution in [2.75, 3.05) is 13.2 Å². The van der Waals surface area contributed by atoms with Crippen LogP contribution in [0.5, 0.6) is 0 Å². The molecule has 3 N–H and O–H groups in total. The lowest BCUT2D eigenvalue weighted by molar-refractivity contribution is -0.143. The standard InChI is InChI=1S/C27H30F6N4O3/c1-17(38)13-24(37-16-35-36-23(37)39)8-9-25(34-14-24,20-6-4-3-5-7-20)15-40-18(2)19-10-21(26(28,29)30)12-22(11-19)27(31,32)33/h3-7,10-12,16-18,34,38H,8-9,13-15H2,1-2H3,(H,36,39)/t17-,18+,24+,25+/m0/s1. The van der Waals surface area contributed by atoms with E-state index in [0.717, 1.165) is 5.56 Å². The van der Waals surface area contributed by atoms with Gasteiger partial charge >= 0.3 is 18.0 Å². The number of hydrogen-bond acceptors (Lipinski definition) is 5. The molecule has 0 radical (unpaired) electrons. The van der Waals surface area contributed by atoms with E-state index in [9.17, 15) is 36.2 Å². The van der Waals surface area contributed by atoms with Crippen LogP contribution in [0, 0.1) is 0 Å². The Kier molecular flexibility index (Phi) is 8.21. The quantitative estimate of drug-likeness (QED) is 0.326. The molecule has 40 heavy (non-hydrogen) atoms. The Bertz CT molecular complexity index is 1310. The van der Waals surface area contributed by atoms with Gasteiger partial charge in [-0.25, -0.2) is 9.89 Å². The minimum absolute atomic E-state index is 0.0825. The summed E-state index contributed by atoms with van der Waals surface area (Å²) in [5.41, 5.74) is -4.42. The Labute approximate surface area is 226 Å². The van der Waals surface area contributed by atoms with Gasteiger partial charge in [-0.05, 0) is 62.4 Å². The number of aliphatic hydroxyl groups is 1. The first-order chi connectivity index (χ1) is 18.7. The second-order valence-electron chi connectivity index (χ2n) is 10.4. The van der Waals surface area contributed by atoms with Gasteiger partial charge in [-0.3, -0.25) is 4.57 Å². The summed E-state index contributed by atoms with van der Waals surface area (Å²) in [6.45, 7) is 3.15. The second-order valence-corrected chi connectivity index (χ2v) is 10.4. The third kappa shape index (κ3) is 6.26. The minimum atomic E-state index is -4.97. The molecule has 0 aliphatic carbocycles. The third-order valence-electron chi connectivity index (χ3n) is 7.50. The van der Waals surface area contributed by atoms with E-state index in [1.807, 2.05) is 30.3 Å². The molecule has 4 atom stereocenters.